The number of primary amides is 1. The summed E-state index contributed by atoms with van der Waals surface area (Å²) >= 11 is 1.18. The Morgan fingerprint density at radius 3 is 2.67 bits per heavy atom. The maximum absolute atomic E-state index is 12.0. The number of nitrogen functional groups attached to an aromatic ring is 1. The highest BCUT2D eigenvalue weighted by atomic mass is 32.1. The van der Waals surface area contributed by atoms with Crippen LogP contribution in [0.3, 0.4) is 0 Å². The van der Waals surface area contributed by atoms with Crippen LogP contribution >= 0.6 is 11.3 Å². The molecule has 1 aliphatic rings. The monoisotopic (exact) mass is 311 g/mol. The fourth-order valence-corrected chi connectivity index (χ4v) is 3.72. The zero-order valence-electron chi connectivity index (χ0n) is 12.3. The maximum atomic E-state index is 12.0. The maximum Gasteiger partial charge on any atom is 0.343 e. The van der Waals surface area contributed by atoms with E-state index in [1.165, 1.54) is 18.4 Å². The molecule has 21 heavy (non-hydrogen) atoms. The van der Waals surface area contributed by atoms with Crippen LogP contribution in [0.1, 0.15) is 46.2 Å². The zero-order chi connectivity index (χ0) is 15.6. The minimum atomic E-state index is -0.614. The number of ether oxygens (including phenoxy) is 1. The first-order valence-electron chi connectivity index (χ1n) is 7.01. The second-order valence-electron chi connectivity index (χ2n) is 5.40. The molecule has 6 nitrogen and oxygen atoms in total. The molecule has 1 aliphatic heterocycles. The molecule has 2 heterocycles. The van der Waals surface area contributed by atoms with E-state index < -0.39 is 11.9 Å². The third-order valence-corrected chi connectivity index (χ3v) is 5.12. The molecular weight excluding hydrogens is 290 g/mol. The second kappa shape index (κ2) is 6.34. The minimum absolute atomic E-state index is 0.131. The van der Waals surface area contributed by atoms with Gasteiger partial charge in [-0.1, -0.05) is 6.92 Å². The molecule has 0 aliphatic carbocycles. The smallest absolute Gasteiger partial charge is 0.343 e. The number of carbonyl (C=O) groups is 2. The zero-order valence-corrected chi connectivity index (χ0v) is 13.2. The Kier molecular flexibility index (Phi) is 4.72. The quantitative estimate of drug-likeness (QED) is 0.830. The van der Waals surface area contributed by atoms with E-state index in [4.69, 9.17) is 16.2 Å². The predicted molar refractivity (Wildman–Crippen MR) is 83.8 cm³/mol. The molecule has 1 aromatic rings. The van der Waals surface area contributed by atoms with Gasteiger partial charge >= 0.3 is 5.97 Å². The van der Waals surface area contributed by atoms with Gasteiger partial charge in [-0.3, -0.25) is 4.79 Å². The molecule has 1 saturated heterocycles. The Morgan fingerprint density at radius 2 is 2.05 bits per heavy atom. The summed E-state index contributed by atoms with van der Waals surface area (Å²) in [6.45, 7) is 3.90. The van der Waals surface area contributed by atoms with Gasteiger partial charge in [-0.2, -0.15) is 0 Å². The van der Waals surface area contributed by atoms with Crippen molar-refractivity contribution in [2.45, 2.75) is 26.2 Å². The van der Waals surface area contributed by atoms with Gasteiger partial charge in [-0.15, -0.1) is 11.3 Å². The lowest BCUT2D eigenvalue weighted by Crippen LogP contribution is -2.25. The molecule has 1 amide bonds. The van der Waals surface area contributed by atoms with Crippen LogP contribution in [0, 0.1) is 5.92 Å². The van der Waals surface area contributed by atoms with Crippen molar-refractivity contribution < 1.29 is 14.3 Å². The van der Waals surface area contributed by atoms with Gasteiger partial charge in [0.05, 0.1) is 12.8 Å². The Balaban J connectivity index is 2.43. The van der Waals surface area contributed by atoms with E-state index in [0.29, 0.717) is 10.9 Å². The summed E-state index contributed by atoms with van der Waals surface area (Å²) < 4.78 is 4.80. The van der Waals surface area contributed by atoms with E-state index >= 15 is 0 Å². The molecule has 1 aromatic heterocycles. The lowest BCUT2D eigenvalue weighted by Gasteiger charge is -2.22. The predicted octanol–water partition coefficient (Wildman–Crippen LogP) is 1.84. The largest absolute Gasteiger partial charge is 0.465 e. The lowest BCUT2D eigenvalue weighted by molar-refractivity contribution is 0.0603. The third-order valence-electron chi connectivity index (χ3n) is 3.84. The normalized spacial score (nSPS) is 19.1. The van der Waals surface area contributed by atoms with Gasteiger partial charge in [0.25, 0.3) is 5.91 Å². The number of anilines is 2. The van der Waals surface area contributed by atoms with Gasteiger partial charge in [0.15, 0.2) is 0 Å². The Morgan fingerprint density at radius 1 is 1.33 bits per heavy atom. The van der Waals surface area contributed by atoms with Crippen molar-refractivity contribution in [3.63, 3.8) is 0 Å². The van der Waals surface area contributed by atoms with Crippen molar-refractivity contribution in [1.29, 1.82) is 0 Å². The fourth-order valence-electron chi connectivity index (χ4n) is 2.60. The number of carbonyl (C=O) groups excluding carboxylic acids is 2. The van der Waals surface area contributed by atoms with Crippen LogP contribution in [0.2, 0.25) is 0 Å². The fraction of sp³-hybridized carbons (Fsp3) is 0.571. The number of hydrogen-bond donors (Lipinski definition) is 2. The summed E-state index contributed by atoms with van der Waals surface area (Å²) in [6, 6.07) is 0. The average molecular weight is 311 g/mol. The van der Waals surface area contributed by atoms with Crippen LogP contribution in [0.5, 0.6) is 0 Å². The molecule has 1 atom stereocenters. The van der Waals surface area contributed by atoms with Crippen LogP contribution in [0.25, 0.3) is 0 Å². The number of methoxy groups -OCH3 is 1. The van der Waals surface area contributed by atoms with Crippen molar-refractivity contribution in [3.05, 3.63) is 10.4 Å². The van der Waals surface area contributed by atoms with Gasteiger partial charge in [0, 0.05) is 13.1 Å². The summed E-state index contributed by atoms with van der Waals surface area (Å²) in [5.41, 5.74) is 11.7. The van der Waals surface area contributed by atoms with Crippen molar-refractivity contribution in [3.8, 4) is 0 Å². The molecule has 1 unspecified atom stereocenters. The van der Waals surface area contributed by atoms with Crippen molar-refractivity contribution >= 4 is 33.9 Å². The first kappa shape index (κ1) is 15.6. The molecule has 116 valence electrons. The van der Waals surface area contributed by atoms with Crippen molar-refractivity contribution in [2.24, 2.45) is 11.7 Å². The van der Waals surface area contributed by atoms with Gasteiger partial charge in [0.1, 0.15) is 15.4 Å². The van der Waals surface area contributed by atoms with Crippen LogP contribution in [0.4, 0.5) is 10.7 Å². The van der Waals surface area contributed by atoms with Crippen molar-refractivity contribution in [2.75, 3.05) is 30.8 Å². The van der Waals surface area contributed by atoms with Gasteiger partial charge < -0.3 is 21.1 Å². The number of hydrogen-bond acceptors (Lipinski definition) is 6. The Bertz CT molecular complexity index is 556. The highest BCUT2D eigenvalue weighted by molar-refractivity contribution is 7.19. The van der Waals surface area contributed by atoms with E-state index in [1.54, 1.807) is 0 Å². The summed E-state index contributed by atoms with van der Waals surface area (Å²) in [5.74, 6) is -0.481. The summed E-state index contributed by atoms with van der Waals surface area (Å²) in [5, 5.41) is 0.697. The first-order valence-corrected chi connectivity index (χ1v) is 7.82. The van der Waals surface area contributed by atoms with Crippen molar-refractivity contribution in [1.82, 2.24) is 0 Å². The number of rotatable bonds is 3. The SMILES string of the molecule is COC(=O)c1c(N2CCCC(C)CC2)sc(C(N)=O)c1N. The van der Waals surface area contributed by atoms with Gasteiger partial charge in [-0.25, -0.2) is 4.79 Å². The molecular formula is C14H21N3O3S. The summed E-state index contributed by atoms with van der Waals surface area (Å²) in [6.07, 6.45) is 3.25. The van der Waals surface area contributed by atoms with E-state index in [1.807, 2.05) is 0 Å². The van der Waals surface area contributed by atoms with Crippen LogP contribution in [0.15, 0.2) is 0 Å². The molecule has 0 bridgehead atoms. The van der Waals surface area contributed by atoms with E-state index in [2.05, 4.69) is 11.8 Å². The molecule has 0 aromatic carbocycles. The Labute approximate surface area is 128 Å². The molecule has 2 rings (SSSR count). The molecule has 0 saturated carbocycles. The second-order valence-corrected chi connectivity index (χ2v) is 6.40. The standard InChI is InChI=1S/C14H21N3O3S/c1-8-4-3-6-17(7-5-8)13-9(14(19)20-2)10(15)11(21-13)12(16)18/h8H,3-7,15H2,1-2H3,(H2,16,18). The topological polar surface area (TPSA) is 98.6 Å². The van der Waals surface area contributed by atoms with Crippen LogP contribution < -0.4 is 16.4 Å². The lowest BCUT2D eigenvalue weighted by atomic mass is 10.0. The first-order chi connectivity index (χ1) is 9.95. The summed E-state index contributed by atoms with van der Waals surface area (Å²) in [4.78, 5) is 25.8. The summed E-state index contributed by atoms with van der Waals surface area (Å²) in [7, 11) is 1.30. The third kappa shape index (κ3) is 3.12. The van der Waals surface area contributed by atoms with Crippen LogP contribution in [-0.4, -0.2) is 32.1 Å². The van der Waals surface area contributed by atoms with Crippen LogP contribution in [-0.2, 0) is 4.74 Å². The van der Waals surface area contributed by atoms with Gasteiger partial charge in [-0.05, 0) is 25.2 Å². The number of esters is 1. The molecule has 7 heteroatoms. The Hall–Kier alpha value is -1.76. The number of thiophene rings is 1. The van der Waals surface area contributed by atoms with E-state index in [-0.39, 0.29) is 16.1 Å². The molecule has 0 radical (unpaired) electrons. The molecule has 4 N–H and O–H groups in total. The molecule has 1 fully saturated rings. The number of amides is 1. The molecule has 0 spiro atoms. The number of nitrogens with zero attached hydrogens (tertiary/aromatic N) is 1. The highest BCUT2D eigenvalue weighted by Gasteiger charge is 2.29. The highest BCUT2D eigenvalue weighted by Crippen LogP contribution is 2.39. The minimum Gasteiger partial charge on any atom is -0.465 e. The number of nitrogens with two attached hydrogens (primary N) is 2. The van der Waals surface area contributed by atoms with Gasteiger partial charge in [0.2, 0.25) is 0 Å². The van der Waals surface area contributed by atoms with E-state index in [9.17, 15) is 9.59 Å². The van der Waals surface area contributed by atoms with E-state index in [0.717, 1.165) is 32.4 Å². The average Bonchev–Trinajstić information content (AvgIpc) is 2.64.